The molecule has 25 heavy (non-hydrogen) atoms. The monoisotopic (exact) mass is 371 g/mol. The molecule has 0 saturated carbocycles. The molecule has 0 fully saturated rings. The van der Waals surface area contributed by atoms with Crippen LogP contribution in [0.2, 0.25) is 0 Å². The Kier molecular flexibility index (Phi) is 10.0. The van der Waals surface area contributed by atoms with Crippen molar-refractivity contribution in [2.45, 2.75) is 59.6 Å². The van der Waals surface area contributed by atoms with Crippen LogP contribution in [0.15, 0.2) is 6.20 Å². The van der Waals surface area contributed by atoms with Crippen LogP contribution in [-0.4, -0.2) is 47.8 Å². The molecule has 0 aliphatic rings. The van der Waals surface area contributed by atoms with E-state index in [0.29, 0.717) is 41.0 Å². The number of hydrogen-bond acceptors (Lipinski definition) is 6. The van der Waals surface area contributed by atoms with Crippen molar-refractivity contribution in [3.8, 4) is 5.19 Å². The number of carbonyl (C=O) groups is 1. The van der Waals surface area contributed by atoms with E-state index in [1.807, 2.05) is 13.8 Å². The molecule has 0 aliphatic carbocycles. The standard InChI is InChI=1S/C18H33N3O3S/c1-12(2)6-7-14(5)8-20-17(23)16-10-21-18(25-16)24-11-15(22)9-19-13(3)4/h10,12-15,19,22H,6-9,11H2,1-5H3,(H,20,23). The summed E-state index contributed by atoms with van der Waals surface area (Å²) in [6, 6.07) is 0.313. The van der Waals surface area contributed by atoms with Gasteiger partial charge in [0.15, 0.2) is 0 Å². The summed E-state index contributed by atoms with van der Waals surface area (Å²) in [6.07, 6.45) is 3.19. The molecular formula is C18H33N3O3S. The van der Waals surface area contributed by atoms with Crippen LogP contribution in [0.25, 0.3) is 0 Å². The highest BCUT2D eigenvalue weighted by molar-refractivity contribution is 7.15. The quantitative estimate of drug-likeness (QED) is 0.526. The third kappa shape index (κ3) is 9.77. The second-order valence-electron chi connectivity index (χ2n) is 7.30. The Morgan fingerprint density at radius 2 is 1.96 bits per heavy atom. The summed E-state index contributed by atoms with van der Waals surface area (Å²) < 4.78 is 5.46. The van der Waals surface area contributed by atoms with Crippen molar-refractivity contribution < 1.29 is 14.6 Å². The summed E-state index contributed by atoms with van der Waals surface area (Å²) in [6.45, 7) is 11.9. The number of aliphatic hydroxyl groups is 1. The van der Waals surface area contributed by atoms with Crippen molar-refractivity contribution in [3.05, 3.63) is 11.1 Å². The smallest absolute Gasteiger partial charge is 0.273 e. The molecule has 0 aromatic carbocycles. The first-order valence-corrected chi connectivity index (χ1v) is 9.87. The molecule has 0 bridgehead atoms. The van der Waals surface area contributed by atoms with Crippen molar-refractivity contribution in [2.75, 3.05) is 19.7 Å². The van der Waals surface area contributed by atoms with Crippen molar-refractivity contribution in [1.29, 1.82) is 0 Å². The van der Waals surface area contributed by atoms with E-state index in [1.54, 1.807) is 0 Å². The van der Waals surface area contributed by atoms with Gasteiger partial charge in [0.25, 0.3) is 11.1 Å². The number of ether oxygens (including phenoxy) is 1. The number of nitrogens with zero attached hydrogens (tertiary/aromatic N) is 1. The minimum absolute atomic E-state index is 0.120. The molecule has 1 rings (SSSR count). The molecule has 7 heteroatoms. The largest absolute Gasteiger partial charge is 0.467 e. The average molecular weight is 372 g/mol. The number of hydrogen-bond donors (Lipinski definition) is 3. The Labute approximate surface area is 155 Å². The number of aromatic nitrogens is 1. The summed E-state index contributed by atoms with van der Waals surface area (Å²) in [7, 11) is 0. The predicted molar refractivity (Wildman–Crippen MR) is 102 cm³/mol. The molecule has 0 radical (unpaired) electrons. The molecule has 1 aromatic heterocycles. The van der Waals surface area contributed by atoms with Crippen LogP contribution in [0.4, 0.5) is 0 Å². The number of carbonyl (C=O) groups excluding carboxylic acids is 1. The lowest BCUT2D eigenvalue weighted by Crippen LogP contribution is -2.35. The van der Waals surface area contributed by atoms with Gasteiger partial charge in [0.2, 0.25) is 0 Å². The molecule has 0 aliphatic heterocycles. The van der Waals surface area contributed by atoms with Gasteiger partial charge in [0.1, 0.15) is 17.6 Å². The van der Waals surface area contributed by atoms with Gasteiger partial charge in [-0.25, -0.2) is 4.98 Å². The maximum Gasteiger partial charge on any atom is 0.273 e. The van der Waals surface area contributed by atoms with E-state index >= 15 is 0 Å². The van der Waals surface area contributed by atoms with Gasteiger partial charge in [-0.1, -0.05) is 52.4 Å². The zero-order valence-corrected chi connectivity index (χ0v) is 16.9. The SMILES string of the molecule is CC(C)CCC(C)CNC(=O)c1cnc(OCC(O)CNC(C)C)s1. The van der Waals surface area contributed by atoms with Gasteiger partial charge in [-0.15, -0.1) is 0 Å². The number of thiazole rings is 1. The first-order chi connectivity index (χ1) is 11.8. The van der Waals surface area contributed by atoms with E-state index in [4.69, 9.17) is 4.74 Å². The van der Waals surface area contributed by atoms with E-state index in [-0.39, 0.29) is 12.5 Å². The Morgan fingerprint density at radius 1 is 1.24 bits per heavy atom. The zero-order valence-electron chi connectivity index (χ0n) is 16.0. The van der Waals surface area contributed by atoms with Crippen molar-refractivity contribution >= 4 is 17.2 Å². The summed E-state index contributed by atoms with van der Waals surface area (Å²) in [4.78, 5) is 16.8. The number of amides is 1. The Balaban J connectivity index is 2.32. The Hall–Kier alpha value is -1.18. The van der Waals surface area contributed by atoms with Gasteiger partial charge in [0.05, 0.1) is 6.20 Å². The van der Waals surface area contributed by atoms with Gasteiger partial charge in [-0.3, -0.25) is 4.79 Å². The van der Waals surface area contributed by atoms with E-state index < -0.39 is 6.10 Å². The molecule has 144 valence electrons. The van der Waals surface area contributed by atoms with Gasteiger partial charge in [0, 0.05) is 19.1 Å². The second-order valence-corrected chi connectivity index (χ2v) is 8.30. The lowest BCUT2D eigenvalue weighted by atomic mass is 9.99. The third-order valence-electron chi connectivity index (χ3n) is 3.72. The molecule has 0 spiro atoms. The van der Waals surface area contributed by atoms with Crippen LogP contribution < -0.4 is 15.4 Å². The number of nitrogens with one attached hydrogen (secondary N) is 2. The predicted octanol–water partition coefficient (Wildman–Crippen LogP) is 2.68. The molecule has 1 amide bonds. The summed E-state index contributed by atoms with van der Waals surface area (Å²) >= 11 is 1.20. The Morgan fingerprint density at radius 3 is 2.60 bits per heavy atom. The van der Waals surface area contributed by atoms with Crippen molar-refractivity contribution in [3.63, 3.8) is 0 Å². The van der Waals surface area contributed by atoms with Crippen LogP contribution in [0.3, 0.4) is 0 Å². The van der Waals surface area contributed by atoms with Crippen LogP contribution in [-0.2, 0) is 0 Å². The highest BCUT2D eigenvalue weighted by Crippen LogP contribution is 2.20. The fraction of sp³-hybridized carbons (Fsp3) is 0.778. The van der Waals surface area contributed by atoms with E-state index in [0.717, 1.165) is 6.42 Å². The summed E-state index contributed by atoms with van der Waals surface area (Å²) in [5.74, 6) is 1.02. The molecule has 6 nitrogen and oxygen atoms in total. The first-order valence-electron chi connectivity index (χ1n) is 9.06. The van der Waals surface area contributed by atoms with E-state index in [1.165, 1.54) is 24.0 Å². The summed E-state index contributed by atoms with van der Waals surface area (Å²) in [5.41, 5.74) is 0. The van der Waals surface area contributed by atoms with Crippen molar-refractivity contribution in [1.82, 2.24) is 15.6 Å². The van der Waals surface area contributed by atoms with Crippen LogP contribution in [0, 0.1) is 11.8 Å². The minimum atomic E-state index is -0.606. The topological polar surface area (TPSA) is 83.5 Å². The van der Waals surface area contributed by atoms with Gasteiger partial charge >= 0.3 is 0 Å². The van der Waals surface area contributed by atoms with E-state index in [9.17, 15) is 9.90 Å². The second kappa shape index (κ2) is 11.4. The van der Waals surface area contributed by atoms with Crippen LogP contribution >= 0.6 is 11.3 Å². The lowest BCUT2D eigenvalue weighted by molar-refractivity contribution is 0.0951. The molecule has 2 unspecified atom stereocenters. The normalized spacial score (nSPS) is 13.9. The molecule has 1 aromatic rings. The minimum Gasteiger partial charge on any atom is -0.467 e. The van der Waals surface area contributed by atoms with Gasteiger partial charge in [-0.05, 0) is 18.3 Å². The maximum atomic E-state index is 12.2. The molecule has 0 saturated heterocycles. The van der Waals surface area contributed by atoms with Gasteiger partial charge in [-0.2, -0.15) is 0 Å². The van der Waals surface area contributed by atoms with Crippen LogP contribution in [0.1, 0.15) is 57.1 Å². The highest BCUT2D eigenvalue weighted by atomic mass is 32.1. The van der Waals surface area contributed by atoms with E-state index in [2.05, 4.69) is 36.4 Å². The molecule has 1 heterocycles. The highest BCUT2D eigenvalue weighted by Gasteiger charge is 2.14. The average Bonchev–Trinajstić information content (AvgIpc) is 3.03. The Bertz CT molecular complexity index is 506. The maximum absolute atomic E-state index is 12.2. The third-order valence-corrected chi connectivity index (χ3v) is 4.63. The first kappa shape index (κ1) is 21.9. The molecule has 3 N–H and O–H groups in total. The fourth-order valence-corrected chi connectivity index (χ4v) is 2.79. The summed E-state index contributed by atoms with van der Waals surface area (Å²) in [5, 5.41) is 16.3. The molecular weight excluding hydrogens is 338 g/mol. The fourth-order valence-electron chi connectivity index (χ4n) is 2.10. The van der Waals surface area contributed by atoms with Crippen molar-refractivity contribution in [2.24, 2.45) is 11.8 Å². The molecule has 2 atom stereocenters. The van der Waals surface area contributed by atoms with Crippen LogP contribution in [0.5, 0.6) is 5.19 Å². The van der Waals surface area contributed by atoms with Gasteiger partial charge < -0.3 is 20.5 Å². The number of rotatable bonds is 12. The zero-order chi connectivity index (χ0) is 18.8. The lowest BCUT2D eigenvalue weighted by Gasteiger charge is -2.13. The number of aliphatic hydroxyl groups excluding tert-OH is 1.